The van der Waals surface area contributed by atoms with Crippen molar-refractivity contribution in [2.45, 2.75) is 12.5 Å². The predicted molar refractivity (Wildman–Crippen MR) is 125 cm³/mol. The number of H-pyrrole nitrogens is 1. The molecule has 3 aromatic carbocycles. The molecule has 0 saturated carbocycles. The third kappa shape index (κ3) is 4.08. The van der Waals surface area contributed by atoms with Gasteiger partial charge in [-0.1, -0.05) is 66.2 Å². The molecule has 0 spiro atoms. The fourth-order valence-electron chi connectivity index (χ4n) is 3.48. The Bertz CT molecular complexity index is 1230. The number of nitrogens with one attached hydrogen (secondary N) is 2. The number of halogens is 1. The van der Waals surface area contributed by atoms with Crippen LogP contribution in [0.15, 0.2) is 84.2 Å². The lowest BCUT2D eigenvalue weighted by atomic mass is 10.0. The summed E-state index contributed by atoms with van der Waals surface area (Å²) in [4.78, 5) is 13.0. The Kier molecular flexibility index (Phi) is 5.22. The van der Waals surface area contributed by atoms with Gasteiger partial charge in [0, 0.05) is 22.4 Å². The highest BCUT2D eigenvalue weighted by atomic mass is 35.5. The molecule has 4 nitrogen and oxygen atoms in total. The number of anilines is 1. The zero-order valence-electron chi connectivity index (χ0n) is 16.0. The van der Waals surface area contributed by atoms with Crippen molar-refractivity contribution >= 4 is 39.1 Å². The van der Waals surface area contributed by atoms with Crippen LogP contribution < -0.4 is 5.32 Å². The number of aromatic amines is 1. The molecule has 2 N–H and O–H groups in total. The molecule has 0 amide bonds. The number of nitrogens with zero attached hydrogens (tertiary/aromatic N) is 2. The lowest BCUT2D eigenvalue weighted by Crippen LogP contribution is -2.14. The van der Waals surface area contributed by atoms with E-state index in [-0.39, 0.29) is 6.04 Å². The van der Waals surface area contributed by atoms with Gasteiger partial charge in [-0.3, -0.25) is 0 Å². The van der Waals surface area contributed by atoms with E-state index in [1.807, 2.05) is 48.5 Å². The molecule has 1 unspecified atom stereocenters. The van der Waals surface area contributed by atoms with Crippen LogP contribution in [0.25, 0.3) is 22.3 Å². The van der Waals surface area contributed by atoms with Gasteiger partial charge in [-0.05, 0) is 29.8 Å². The molecule has 148 valence electrons. The molecule has 0 radical (unpaired) electrons. The summed E-state index contributed by atoms with van der Waals surface area (Å²) in [5.41, 5.74) is 5.23. The first-order valence-electron chi connectivity index (χ1n) is 9.71. The summed E-state index contributed by atoms with van der Waals surface area (Å²) < 4.78 is 0. The average Bonchev–Trinajstić information content (AvgIpc) is 3.41. The van der Waals surface area contributed by atoms with E-state index in [0.717, 1.165) is 44.7 Å². The third-order valence-corrected chi connectivity index (χ3v) is 6.01. The fourth-order valence-corrected chi connectivity index (χ4v) is 4.37. The second-order valence-electron chi connectivity index (χ2n) is 7.06. The summed E-state index contributed by atoms with van der Waals surface area (Å²) in [6, 6.07) is 26.3. The Morgan fingerprint density at radius 3 is 2.47 bits per heavy atom. The molecule has 6 heteroatoms. The Morgan fingerprint density at radius 2 is 1.67 bits per heavy atom. The number of imidazole rings is 1. The highest BCUT2D eigenvalue weighted by Crippen LogP contribution is 2.30. The number of rotatable bonds is 6. The maximum Gasteiger partial charge on any atom is 0.183 e. The summed E-state index contributed by atoms with van der Waals surface area (Å²) in [5.74, 6) is 0.951. The Balaban J connectivity index is 1.42. The third-order valence-electron chi connectivity index (χ3n) is 4.98. The maximum absolute atomic E-state index is 6.01. The van der Waals surface area contributed by atoms with Crippen LogP contribution in [0.2, 0.25) is 5.02 Å². The van der Waals surface area contributed by atoms with Crippen LogP contribution in [0, 0.1) is 0 Å². The number of fused-ring (bicyclic) bond motifs is 1. The highest BCUT2D eigenvalue weighted by Gasteiger charge is 2.17. The minimum Gasteiger partial charge on any atom is -0.354 e. The fraction of sp³-hybridized carbons (Fsp3) is 0.0833. The van der Waals surface area contributed by atoms with Crippen molar-refractivity contribution in [1.29, 1.82) is 0 Å². The van der Waals surface area contributed by atoms with E-state index in [4.69, 9.17) is 21.6 Å². The first-order chi connectivity index (χ1) is 14.7. The number of thiazole rings is 1. The number of aromatic nitrogens is 3. The largest absolute Gasteiger partial charge is 0.354 e. The molecule has 0 aliphatic rings. The first-order valence-corrected chi connectivity index (χ1v) is 11.0. The minimum atomic E-state index is 0.0518. The lowest BCUT2D eigenvalue weighted by molar-refractivity contribution is 0.742. The minimum absolute atomic E-state index is 0.0518. The molecule has 0 fully saturated rings. The molecule has 1 atom stereocenters. The van der Waals surface area contributed by atoms with Crippen LogP contribution in [0.5, 0.6) is 0 Å². The average molecular weight is 431 g/mol. The van der Waals surface area contributed by atoms with E-state index in [2.05, 4.69) is 46.0 Å². The Hall–Kier alpha value is -3.15. The quantitative estimate of drug-likeness (QED) is 0.313. The molecule has 0 bridgehead atoms. The lowest BCUT2D eigenvalue weighted by Gasteiger charge is -2.17. The summed E-state index contributed by atoms with van der Waals surface area (Å²) in [5, 5.41) is 7.28. The van der Waals surface area contributed by atoms with E-state index in [1.54, 1.807) is 11.3 Å². The normalized spacial score (nSPS) is 12.2. The number of hydrogen-bond acceptors (Lipinski definition) is 4. The summed E-state index contributed by atoms with van der Waals surface area (Å²) in [7, 11) is 0. The standard InChI is InChI=1S/C24H19ClN4S/c25-18-12-10-17(11-13-18)22-15-30-24(29-22)28-21(16-6-2-1-3-7-16)14-23-26-19-8-4-5-9-20(19)27-23/h1-13,15,21H,14H2,(H,26,27)(H,28,29). The van der Waals surface area contributed by atoms with Crippen LogP contribution >= 0.6 is 22.9 Å². The van der Waals surface area contributed by atoms with Crippen molar-refractivity contribution in [3.8, 4) is 11.3 Å². The molecule has 0 aliphatic carbocycles. The maximum atomic E-state index is 6.01. The monoisotopic (exact) mass is 430 g/mol. The van der Waals surface area contributed by atoms with Gasteiger partial charge in [0.25, 0.3) is 0 Å². The second kappa shape index (κ2) is 8.30. The summed E-state index contributed by atoms with van der Waals surface area (Å²) >= 11 is 7.61. The van der Waals surface area contributed by atoms with E-state index >= 15 is 0 Å². The molecule has 5 aromatic rings. The molecule has 0 aliphatic heterocycles. The van der Waals surface area contributed by atoms with E-state index in [1.165, 1.54) is 5.56 Å². The van der Waals surface area contributed by atoms with Crippen molar-refractivity contribution in [3.05, 3.63) is 101 Å². The van der Waals surface area contributed by atoms with Gasteiger partial charge in [0.2, 0.25) is 0 Å². The van der Waals surface area contributed by atoms with Crippen molar-refractivity contribution in [2.75, 3.05) is 5.32 Å². The number of benzene rings is 3. The van der Waals surface area contributed by atoms with Gasteiger partial charge >= 0.3 is 0 Å². The molecule has 2 heterocycles. The van der Waals surface area contributed by atoms with Crippen LogP contribution in [-0.4, -0.2) is 15.0 Å². The summed E-state index contributed by atoms with van der Waals surface area (Å²) in [6.45, 7) is 0. The number of hydrogen-bond donors (Lipinski definition) is 2. The Labute approximate surface area is 183 Å². The van der Waals surface area contributed by atoms with Gasteiger partial charge in [-0.15, -0.1) is 11.3 Å². The van der Waals surface area contributed by atoms with Gasteiger partial charge in [-0.2, -0.15) is 0 Å². The van der Waals surface area contributed by atoms with E-state index < -0.39 is 0 Å². The van der Waals surface area contributed by atoms with Gasteiger partial charge in [0.1, 0.15) is 5.82 Å². The van der Waals surface area contributed by atoms with Crippen molar-refractivity contribution in [1.82, 2.24) is 15.0 Å². The van der Waals surface area contributed by atoms with Crippen molar-refractivity contribution in [2.24, 2.45) is 0 Å². The SMILES string of the molecule is Clc1ccc(-c2csc(NC(Cc3nc4ccccc4[nH]3)c3ccccc3)n2)cc1. The molecular weight excluding hydrogens is 412 g/mol. The van der Waals surface area contributed by atoms with Crippen molar-refractivity contribution < 1.29 is 0 Å². The first kappa shape index (κ1) is 18.9. The molecule has 5 rings (SSSR count). The van der Waals surface area contributed by atoms with Gasteiger partial charge in [0.15, 0.2) is 5.13 Å². The molecular formula is C24H19ClN4S. The van der Waals surface area contributed by atoms with Gasteiger partial charge < -0.3 is 10.3 Å². The molecule has 2 aromatic heterocycles. The summed E-state index contributed by atoms with van der Waals surface area (Å²) in [6.07, 6.45) is 0.731. The van der Waals surface area contributed by atoms with Crippen LogP contribution in [-0.2, 0) is 6.42 Å². The Morgan fingerprint density at radius 1 is 0.900 bits per heavy atom. The zero-order chi connectivity index (χ0) is 20.3. The van der Waals surface area contributed by atoms with Crippen LogP contribution in [0.3, 0.4) is 0 Å². The zero-order valence-corrected chi connectivity index (χ0v) is 17.6. The molecule has 0 saturated heterocycles. The van der Waals surface area contributed by atoms with E-state index in [9.17, 15) is 0 Å². The highest BCUT2D eigenvalue weighted by molar-refractivity contribution is 7.14. The molecule has 30 heavy (non-hydrogen) atoms. The number of para-hydroxylation sites is 2. The smallest absolute Gasteiger partial charge is 0.183 e. The van der Waals surface area contributed by atoms with Gasteiger partial charge in [-0.25, -0.2) is 9.97 Å². The van der Waals surface area contributed by atoms with E-state index in [0.29, 0.717) is 0 Å². The second-order valence-corrected chi connectivity index (χ2v) is 8.35. The topological polar surface area (TPSA) is 53.6 Å². The van der Waals surface area contributed by atoms with Crippen LogP contribution in [0.4, 0.5) is 5.13 Å². The van der Waals surface area contributed by atoms with Gasteiger partial charge in [0.05, 0.1) is 22.8 Å². The van der Waals surface area contributed by atoms with Crippen molar-refractivity contribution in [3.63, 3.8) is 0 Å². The predicted octanol–water partition coefficient (Wildman–Crippen LogP) is 6.74. The van der Waals surface area contributed by atoms with Crippen LogP contribution in [0.1, 0.15) is 17.4 Å².